The van der Waals surface area contributed by atoms with Crippen LogP contribution in [-0.4, -0.2) is 30.6 Å². The Morgan fingerprint density at radius 1 is 1.32 bits per heavy atom. The van der Waals surface area contributed by atoms with E-state index in [0.717, 1.165) is 46.1 Å². The molecular weight excluding hydrogens is 392 g/mol. The molecule has 28 heavy (non-hydrogen) atoms. The normalized spacial score (nSPS) is 13.5. The van der Waals surface area contributed by atoms with Gasteiger partial charge in [-0.25, -0.2) is 19.7 Å². The van der Waals surface area contributed by atoms with Crippen molar-refractivity contribution in [2.24, 2.45) is 0 Å². The van der Waals surface area contributed by atoms with Crippen molar-refractivity contribution in [2.75, 3.05) is 0 Å². The van der Waals surface area contributed by atoms with Gasteiger partial charge in [-0.1, -0.05) is 11.8 Å². The number of thioether (sulfide) groups is 1. The lowest BCUT2D eigenvalue weighted by Gasteiger charge is -2.07. The zero-order chi connectivity index (χ0) is 19.3. The Hall–Kier alpha value is -2.45. The quantitative estimate of drug-likeness (QED) is 0.384. The van der Waals surface area contributed by atoms with Crippen LogP contribution in [0.5, 0.6) is 0 Å². The molecule has 0 atom stereocenters. The second-order valence-electron chi connectivity index (χ2n) is 6.79. The molecule has 3 aromatic heterocycles. The second kappa shape index (κ2) is 6.86. The summed E-state index contributed by atoms with van der Waals surface area (Å²) in [6.45, 7) is 2.86. The molecule has 4 aromatic rings. The third-order valence-electron chi connectivity index (χ3n) is 5.20. The van der Waals surface area contributed by atoms with Crippen molar-refractivity contribution in [1.29, 1.82) is 0 Å². The Kier molecular flexibility index (Phi) is 4.32. The predicted molar refractivity (Wildman–Crippen MR) is 111 cm³/mol. The molecule has 142 valence electrons. The number of imidazole rings is 1. The Labute approximate surface area is 169 Å². The van der Waals surface area contributed by atoms with Crippen molar-refractivity contribution in [3.63, 3.8) is 0 Å². The van der Waals surface area contributed by atoms with Gasteiger partial charge in [-0.15, -0.1) is 11.3 Å². The Bertz CT molecular complexity index is 1230. The van der Waals surface area contributed by atoms with Crippen LogP contribution in [0.15, 0.2) is 29.6 Å². The maximum atomic E-state index is 11.3. The number of carbonyl (C=O) groups is 1. The van der Waals surface area contributed by atoms with Crippen LogP contribution in [0.2, 0.25) is 0 Å². The minimum absolute atomic E-state index is 0.263. The lowest BCUT2D eigenvalue weighted by atomic mass is 10.2. The van der Waals surface area contributed by atoms with Crippen molar-refractivity contribution < 1.29 is 9.90 Å². The van der Waals surface area contributed by atoms with E-state index in [1.54, 1.807) is 41.6 Å². The first-order chi connectivity index (χ1) is 13.7. The molecule has 1 aliphatic carbocycles. The summed E-state index contributed by atoms with van der Waals surface area (Å²) in [4.78, 5) is 27.5. The molecular formula is C20H18N4O2S2. The first-order valence-electron chi connectivity index (χ1n) is 9.26. The number of aryl methyl sites for hydroxylation is 3. The number of carboxylic acid groups (broad SMARTS) is 1. The van der Waals surface area contributed by atoms with E-state index >= 15 is 0 Å². The fourth-order valence-corrected chi connectivity index (χ4v) is 6.18. The molecule has 0 radical (unpaired) electrons. The average molecular weight is 411 g/mol. The van der Waals surface area contributed by atoms with Crippen molar-refractivity contribution in [1.82, 2.24) is 19.5 Å². The van der Waals surface area contributed by atoms with Gasteiger partial charge in [0.1, 0.15) is 22.0 Å². The smallest absolute Gasteiger partial charge is 0.335 e. The van der Waals surface area contributed by atoms with E-state index in [1.165, 1.54) is 22.2 Å². The fourth-order valence-electron chi connectivity index (χ4n) is 3.92. The molecule has 0 bridgehead atoms. The number of thiophene rings is 1. The Morgan fingerprint density at radius 2 is 2.21 bits per heavy atom. The largest absolute Gasteiger partial charge is 0.478 e. The zero-order valence-electron chi connectivity index (χ0n) is 15.3. The number of carboxylic acids is 1. The van der Waals surface area contributed by atoms with Gasteiger partial charge in [-0.05, 0) is 49.9 Å². The summed E-state index contributed by atoms with van der Waals surface area (Å²) in [5, 5.41) is 11.5. The maximum absolute atomic E-state index is 11.3. The van der Waals surface area contributed by atoms with Gasteiger partial charge >= 0.3 is 5.97 Å². The predicted octanol–water partition coefficient (Wildman–Crippen LogP) is 4.54. The summed E-state index contributed by atoms with van der Waals surface area (Å²) < 4.78 is 2.14. The van der Waals surface area contributed by atoms with Crippen molar-refractivity contribution in [3.8, 4) is 0 Å². The Morgan fingerprint density at radius 3 is 3.04 bits per heavy atom. The summed E-state index contributed by atoms with van der Waals surface area (Å²) in [5.74, 6) is 0.684. The van der Waals surface area contributed by atoms with Gasteiger partial charge in [0.2, 0.25) is 0 Å². The Balaban J connectivity index is 1.51. The molecule has 0 spiro atoms. The van der Waals surface area contributed by atoms with Gasteiger partial charge in [0.25, 0.3) is 0 Å². The zero-order valence-corrected chi connectivity index (χ0v) is 16.9. The third-order valence-corrected chi connectivity index (χ3v) is 7.38. The van der Waals surface area contributed by atoms with Gasteiger partial charge in [0.15, 0.2) is 0 Å². The number of aromatic carboxylic acids is 1. The second-order valence-corrected chi connectivity index (χ2v) is 8.83. The van der Waals surface area contributed by atoms with Crippen LogP contribution in [0.3, 0.4) is 0 Å². The summed E-state index contributed by atoms with van der Waals surface area (Å²) in [5.41, 5.74) is 3.38. The van der Waals surface area contributed by atoms with Crippen LogP contribution in [0, 0.1) is 0 Å². The highest BCUT2D eigenvalue weighted by Crippen LogP contribution is 2.40. The van der Waals surface area contributed by atoms with Crippen LogP contribution in [0.25, 0.3) is 21.3 Å². The first-order valence-corrected chi connectivity index (χ1v) is 11.1. The maximum Gasteiger partial charge on any atom is 0.335 e. The minimum Gasteiger partial charge on any atom is -0.478 e. The van der Waals surface area contributed by atoms with Gasteiger partial charge in [-0.2, -0.15) is 0 Å². The van der Waals surface area contributed by atoms with E-state index < -0.39 is 5.97 Å². The van der Waals surface area contributed by atoms with Crippen molar-refractivity contribution >= 4 is 50.3 Å². The lowest BCUT2D eigenvalue weighted by Crippen LogP contribution is -2.01. The molecule has 0 saturated carbocycles. The molecule has 0 unspecified atom stereocenters. The van der Waals surface area contributed by atoms with Crippen molar-refractivity contribution in [3.05, 3.63) is 46.4 Å². The summed E-state index contributed by atoms with van der Waals surface area (Å²) in [6.07, 6.45) is 5.13. The minimum atomic E-state index is -0.932. The summed E-state index contributed by atoms with van der Waals surface area (Å²) in [7, 11) is 0. The molecule has 6 nitrogen and oxygen atoms in total. The van der Waals surface area contributed by atoms with E-state index in [9.17, 15) is 9.90 Å². The number of benzene rings is 1. The van der Waals surface area contributed by atoms with E-state index in [4.69, 9.17) is 4.98 Å². The number of hydrogen-bond acceptors (Lipinski definition) is 6. The number of rotatable bonds is 5. The SMILES string of the molecule is CCn1c(CSc2ncnc3sc4c(c23)CCC4)nc2cc(C(=O)O)ccc21. The first kappa shape index (κ1) is 17.6. The van der Waals surface area contributed by atoms with Crippen LogP contribution in [0.4, 0.5) is 0 Å². The molecule has 1 aliphatic rings. The third kappa shape index (κ3) is 2.79. The van der Waals surface area contributed by atoms with Crippen LogP contribution in [0.1, 0.15) is 40.0 Å². The van der Waals surface area contributed by atoms with Crippen LogP contribution < -0.4 is 0 Å². The number of fused-ring (bicyclic) bond motifs is 4. The molecule has 0 saturated heterocycles. The summed E-state index contributed by atoms with van der Waals surface area (Å²) in [6, 6.07) is 5.13. The molecule has 0 aliphatic heterocycles. The van der Waals surface area contributed by atoms with Gasteiger partial charge in [0.05, 0.1) is 22.3 Å². The van der Waals surface area contributed by atoms with Crippen LogP contribution in [-0.2, 0) is 25.1 Å². The van der Waals surface area contributed by atoms with E-state index in [2.05, 4.69) is 21.5 Å². The molecule has 8 heteroatoms. The molecule has 1 aromatic carbocycles. The molecule has 1 N–H and O–H groups in total. The number of hydrogen-bond donors (Lipinski definition) is 1. The van der Waals surface area contributed by atoms with Gasteiger partial charge < -0.3 is 9.67 Å². The van der Waals surface area contributed by atoms with Gasteiger partial charge in [-0.3, -0.25) is 0 Å². The molecule has 0 fully saturated rings. The van der Waals surface area contributed by atoms with Gasteiger partial charge in [0, 0.05) is 16.8 Å². The molecule has 5 rings (SSSR count). The van der Waals surface area contributed by atoms with E-state index in [0.29, 0.717) is 5.75 Å². The highest BCUT2D eigenvalue weighted by molar-refractivity contribution is 7.98. The molecule has 0 amide bonds. The number of nitrogens with zero attached hydrogens (tertiary/aromatic N) is 4. The molecule has 3 heterocycles. The standard InChI is InChI=1S/C20H18N4O2S2/c1-2-24-14-7-6-11(20(25)26)8-13(14)23-16(24)9-27-18-17-12-4-3-5-15(12)28-19(17)22-10-21-18/h6-8,10H,2-5,9H2,1H3,(H,25,26). The van der Waals surface area contributed by atoms with E-state index in [1.807, 2.05) is 6.07 Å². The lowest BCUT2D eigenvalue weighted by molar-refractivity contribution is 0.0697. The highest BCUT2D eigenvalue weighted by Gasteiger charge is 2.22. The van der Waals surface area contributed by atoms with E-state index in [-0.39, 0.29) is 5.56 Å². The van der Waals surface area contributed by atoms with Crippen LogP contribution >= 0.6 is 23.1 Å². The average Bonchev–Trinajstić information content (AvgIpc) is 3.37. The van der Waals surface area contributed by atoms with Crippen molar-refractivity contribution in [2.45, 2.75) is 43.5 Å². The summed E-state index contributed by atoms with van der Waals surface area (Å²) >= 11 is 3.48. The highest BCUT2D eigenvalue weighted by atomic mass is 32.2. The monoisotopic (exact) mass is 410 g/mol. The fraction of sp³-hybridized carbons (Fsp3) is 0.300. The topological polar surface area (TPSA) is 80.9 Å². The number of aromatic nitrogens is 4.